The molecule has 0 atom stereocenters. The summed E-state index contributed by atoms with van der Waals surface area (Å²) in [7, 11) is 0. The lowest BCUT2D eigenvalue weighted by molar-refractivity contribution is 0.469. The Morgan fingerprint density at radius 1 is 1.04 bits per heavy atom. The van der Waals surface area contributed by atoms with E-state index < -0.39 is 0 Å². The van der Waals surface area contributed by atoms with E-state index in [1.807, 2.05) is 42.5 Å². The third-order valence-electron chi connectivity index (χ3n) is 3.23. The number of nitrogens with zero attached hydrogens (tertiary/aromatic N) is 1. The van der Waals surface area contributed by atoms with Crippen molar-refractivity contribution in [3.8, 4) is 0 Å². The van der Waals surface area contributed by atoms with Crippen molar-refractivity contribution in [3.05, 3.63) is 78.1 Å². The van der Waals surface area contributed by atoms with E-state index in [2.05, 4.69) is 47.0 Å². The Hall–Kier alpha value is -2.57. The number of hydrogen-bond donors (Lipinski definition) is 2. The van der Waals surface area contributed by atoms with Gasteiger partial charge in [0.15, 0.2) is 10.2 Å². The molecule has 0 fully saturated rings. The second kappa shape index (κ2) is 8.50. The standard InChI is InChI=1S/C19H17N3OS2/c1-14-7-10-17(11-8-14)25-18-12-9-16(23-18)13-20-22-19(24)21-15-5-3-2-4-6-15/h2-13H,1H3,(H2,21,22,24)/b20-13+. The molecule has 0 spiro atoms. The average Bonchev–Trinajstić information content (AvgIpc) is 3.05. The van der Waals surface area contributed by atoms with E-state index in [4.69, 9.17) is 16.6 Å². The summed E-state index contributed by atoms with van der Waals surface area (Å²) in [5.41, 5.74) is 4.91. The number of rotatable bonds is 5. The highest BCUT2D eigenvalue weighted by atomic mass is 32.2. The Balaban J connectivity index is 1.51. The van der Waals surface area contributed by atoms with Gasteiger partial charge in [0.2, 0.25) is 0 Å². The minimum Gasteiger partial charge on any atom is -0.448 e. The van der Waals surface area contributed by atoms with Gasteiger partial charge in [0, 0.05) is 10.6 Å². The summed E-state index contributed by atoms with van der Waals surface area (Å²) >= 11 is 6.75. The predicted molar refractivity (Wildman–Crippen MR) is 107 cm³/mol. The summed E-state index contributed by atoms with van der Waals surface area (Å²) in [6, 6.07) is 21.8. The second-order valence-electron chi connectivity index (χ2n) is 5.26. The van der Waals surface area contributed by atoms with Gasteiger partial charge in [0.25, 0.3) is 0 Å². The van der Waals surface area contributed by atoms with Gasteiger partial charge in [-0.25, -0.2) is 0 Å². The van der Waals surface area contributed by atoms with E-state index in [1.165, 1.54) is 5.56 Å². The molecule has 1 heterocycles. The number of furan rings is 1. The van der Waals surface area contributed by atoms with E-state index >= 15 is 0 Å². The summed E-state index contributed by atoms with van der Waals surface area (Å²) in [6.45, 7) is 2.07. The van der Waals surface area contributed by atoms with Crippen LogP contribution in [0.4, 0.5) is 5.69 Å². The van der Waals surface area contributed by atoms with Crippen molar-refractivity contribution in [2.75, 3.05) is 5.32 Å². The quantitative estimate of drug-likeness (QED) is 0.375. The van der Waals surface area contributed by atoms with Crippen molar-refractivity contribution in [2.24, 2.45) is 5.10 Å². The topological polar surface area (TPSA) is 49.6 Å². The Morgan fingerprint density at radius 3 is 2.56 bits per heavy atom. The van der Waals surface area contributed by atoms with Crippen molar-refractivity contribution in [1.29, 1.82) is 0 Å². The zero-order valence-electron chi connectivity index (χ0n) is 13.6. The number of hydrazone groups is 1. The molecule has 25 heavy (non-hydrogen) atoms. The van der Waals surface area contributed by atoms with Crippen LogP contribution in [0.1, 0.15) is 11.3 Å². The number of benzene rings is 2. The van der Waals surface area contributed by atoms with Crippen molar-refractivity contribution in [2.45, 2.75) is 16.9 Å². The van der Waals surface area contributed by atoms with Gasteiger partial charge >= 0.3 is 0 Å². The molecule has 2 N–H and O–H groups in total. The number of anilines is 1. The third kappa shape index (κ3) is 5.48. The first-order chi connectivity index (χ1) is 12.2. The van der Waals surface area contributed by atoms with E-state index in [-0.39, 0.29) is 0 Å². The lowest BCUT2D eigenvalue weighted by Crippen LogP contribution is -2.23. The molecule has 0 amide bonds. The summed E-state index contributed by atoms with van der Waals surface area (Å²) in [5, 5.41) is 8.37. The monoisotopic (exact) mass is 367 g/mol. The molecule has 0 unspecified atom stereocenters. The highest BCUT2D eigenvalue weighted by molar-refractivity contribution is 7.99. The number of thiocarbonyl (C=S) groups is 1. The van der Waals surface area contributed by atoms with E-state index in [9.17, 15) is 0 Å². The summed E-state index contributed by atoms with van der Waals surface area (Å²) in [4.78, 5) is 1.13. The van der Waals surface area contributed by atoms with Gasteiger partial charge in [-0.15, -0.1) is 0 Å². The normalized spacial score (nSPS) is 10.8. The van der Waals surface area contributed by atoms with Gasteiger partial charge in [-0.3, -0.25) is 5.43 Å². The minimum atomic E-state index is 0.420. The van der Waals surface area contributed by atoms with Gasteiger partial charge in [-0.2, -0.15) is 5.10 Å². The Labute approximate surface area is 156 Å². The molecule has 0 aliphatic carbocycles. The van der Waals surface area contributed by atoms with Gasteiger partial charge < -0.3 is 9.73 Å². The molecule has 0 saturated heterocycles. The minimum absolute atomic E-state index is 0.420. The van der Waals surface area contributed by atoms with E-state index in [1.54, 1.807) is 18.0 Å². The average molecular weight is 367 g/mol. The molecule has 0 bridgehead atoms. The van der Waals surface area contributed by atoms with Crippen LogP contribution in [0.25, 0.3) is 0 Å². The molecule has 3 rings (SSSR count). The number of hydrogen-bond acceptors (Lipinski definition) is 4. The lowest BCUT2D eigenvalue weighted by Gasteiger charge is -2.05. The SMILES string of the molecule is Cc1ccc(Sc2ccc(/C=N/NC(=S)Nc3ccccc3)o2)cc1. The summed E-state index contributed by atoms with van der Waals surface area (Å²) < 4.78 is 5.73. The molecular weight excluding hydrogens is 350 g/mol. The van der Waals surface area contributed by atoms with Crippen LogP contribution >= 0.6 is 24.0 Å². The van der Waals surface area contributed by atoms with Crippen LogP contribution in [0.2, 0.25) is 0 Å². The fraction of sp³-hybridized carbons (Fsp3) is 0.0526. The molecule has 2 aromatic carbocycles. The summed E-state index contributed by atoms with van der Waals surface area (Å²) in [6.07, 6.45) is 1.60. The maximum atomic E-state index is 5.73. The van der Waals surface area contributed by atoms with Crippen LogP contribution in [0.3, 0.4) is 0 Å². The third-order valence-corrected chi connectivity index (χ3v) is 4.35. The van der Waals surface area contributed by atoms with Crippen LogP contribution in [0.15, 0.2) is 86.2 Å². The van der Waals surface area contributed by atoms with Crippen LogP contribution < -0.4 is 10.7 Å². The number of nitrogens with one attached hydrogen (secondary N) is 2. The molecule has 0 aliphatic heterocycles. The van der Waals surface area contributed by atoms with Crippen LogP contribution in [0, 0.1) is 6.92 Å². The van der Waals surface area contributed by atoms with Crippen LogP contribution in [-0.2, 0) is 0 Å². The Bertz CT molecular complexity index is 858. The Kier molecular flexibility index (Phi) is 5.87. The van der Waals surface area contributed by atoms with Crippen molar-refractivity contribution in [3.63, 3.8) is 0 Å². The van der Waals surface area contributed by atoms with Crippen LogP contribution in [-0.4, -0.2) is 11.3 Å². The predicted octanol–water partition coefficient (Wildman–Crippen LogP) is 5.06. The van der Waals surface area contributed by atoms with Gasteiger partial charge in [0.05, 0.1) is 6.21 Å². The second-order valence-corrected chi connectivity index (χ2v) is 6.75. The molecule has 126 valence electrons. The molecule has 1 aromatic heterocycles. The highest BCUT2D eigenvalue weighted by Gasteiger charge is 2.03. The van der Waals surface area contributed by atoms with Gasteiger partial charge in [-0.05, 0) is 55.5 Å². The van der Waals surface area contributed by atoms with Crippen molar-refractivity contribution < 1.29 is 4.42 Å². The molecular formula is C19H17N3OS2. The lowest BCUT2D eigenvalue weighted by atomic mass is 10.2. The fourth-order valence-corrected chi connectivity index (χ4v) is 2.97. The molecule has 4 nitrogen and oxygen atoms in total. The summed E-state index contributed by atoms with van der Waals surface area (Å²) in [5.74, 6) is 0.657. The van der Waals surface area contributed by atoms with Crippen LogP contribution in [0.5, 0.6) is 0 Å². The first-order valence-electron chi connectivity index (χ1n) is 7.68. The van der Waals surface area contributed by atoms with Crippen molar-refractivity contribution >= 4 is 41.0 Å². The molecule has 6 heteroatoms. The first-order valence-corrected chi connectivity index (χ1v) is 8.91. The van der Waals surface area contributed by atoms with Crippen molar-refractivity contribution in [1.82, 2.24) is 5.43 Å². The maximum Gasteiger partial charge on any atom is 0.191 e. The maximum absolute atomic E-state index is 5.73. The zero-order chi connectivity index (χ0) is 17.5. The van der Waals surface area contributed by atoms with Gasteiger partial charge in [0.1, 0.15) is 5.76 Å². The number of aryl methyl sites for hydroxylation is 1. The smallest absolute Gasteiger partial charge is 0.191 e. The molecule has 0 saturated carbocycles. The largest absolute Gasteiger partial charge is 0.448 e. The van der Waals surface area contributed by atoms with E-state index in [0.29, 0.717) is 10.9 Å². The highest BCUT2D eigenvalue weighted by Crippen LogP contribution is 2.28. The number of para-hydroxylation sites is 1. The van der Waals surface area contributed by atoms with E-state index in [0.717, 1.165) is 15.7 Å². The Morgan fingerprint density at radius 2 is 1.80 bits per heavy atom. The molecule has 0 radical (unpaired) electrons. The first kappa shape index (κ1) is 17.3. The van der Waals surface area contributed by atoms with Gasteiger partial charge in [-0.1, -0.05) is 47.7 Å². The molecule has 0 aliphatic rings. The fourth-order valence-electron chi connectivity index (χ4n) is 2.02. The molecule has 3 aromatic rings. The zero-order valence-corrected chi connectivity index (χ0v) is 15.2.